The van der Waals surface area contributed by atoms with Crippen LogP contribution < -0.4 is 9.47 Å². The number of aliphatic hydroxyl groups is 1. The van der Waals surface area contributed by atoms with Gasteiger partial charge in [0.25, 0.3) is 0 Å². The van der Waals surface area contributed by atoms with Crippen molar-refractivity contribution >= 4 is 0 Å². The zero-order valence-corrected chi connectivity index (χ0v) is 11.3. The molecule has 0 aliphatic rings. The summed E-state index contributed by atoms with van der Waals surface area (Å²) in [5.74, 6) is 1.37. The third-order valence-corrected chi connectivity index (χ3v) is 3.16. The highest BCUT2D eigenvalue weighted by atomic mass is 16.5. The van der Waals surface area contributed by atoms with Crippen LogP contribution in [0.5, 0.6) is 11.5 Å². The van der Waals surface area contributed by atoms with E-state index in [1.165, 1.54) is 0 Å². The van der Waals surface area contributed by atoms with Crippen molar-refractivity contribution in [3.8, 4) is 11.5 Å². The maximum atomic E-state index is 10.7. The molecule has 1 atom stereocenters. The lowest BCUT2D eigenvalue weighted by molar-refractivity contribution is 0.101. The molecule has 0 saturated carbocycles. The molecule has 0 radical (unpaired) electrons. The number of aromatic nitrogens is 1. The molecule has 2 rings (SSSR count). The molecule has 1 aromatic carbocycles. The summed E-state index contributed by atoms with van der Waals surface area (Å²) in [5.41, 5.74) is 0.314. The summed E-state index contributed by atoms with van der Waals surface area (Å²) in [4.78, 5) is 4.07. The highest BCUT2D eigenvalue weighted by molar-refractivity contribution is 5.39. The molecule has 4 heteroatoms. The van der Waals surface area contributed by atoms with E-state index in [1.54, 1.807) is 39.6 Å². The molecule has 0 amide bonds. The van der Waals surface area contributed by atoms with E-state index in [2.05, 4.69) is 4.98 Å². The van der Waals surface area contributed by atoms with E-state index < -0.39 is 5.60 Å². The van der Waals surface area contributed by atoms with Crippen LogP contribution in [0.15, 0.2) is 42.7 Å². The van der Waals surface area contributed by atoms with Gasteiger partial charge in [-0.3, -0.25) is 4.98 Å². The topological polar surface area (TPSA) is 51.6 Å². The van der Waals surface area contributed by atoms with Crippen molar-refractivity contribution in [2.75, 3.05) is 14.2 Å². The molecule has 0 aliphatic heterocycles. The van der Waals surface area contributed by atoms with Crippen molar-refractivity contribution in [3.05, 3.63) is 53.9 Å². The minimum Gasteiger partial charge on any atom is -0.497 e. The monoisotopic (exact) mass is 259 g/mol. The van der Waals surface area contributed by atoms with Gasteiger partial charge in [0.1, 0.15) is 17.1 Å². The smallest absolute Gasteiger partial charge is 0.137 e. The van der Waals surface area contributed by atoms with Crippen LogP contribution in [-0.4, -0.2) is 24.3 Å². The average Bonchev–Trinajstić information content (AvgIpc) is 2.47. The van der Waals surface area contributed by atoms with Crippen LogP contribution in [0.25, 0.3) is 0 Å². The molecule has 1 N–H and O–H groups in total. The Kier molecular flexibility index (Phi) is 3.71. The van der Waals surface area contributed by atoms with Gasteiger partial charge in [0, 0.05) is 11.8 Å². The molecule has 0 bridgehead atoms. The van der Waals surface area contributed by atoms with Gasteiger partial charge in [-0.2, -0.15) is 0 Å². The van der Waals surface area contributed by atoms with Crippen molar-refractivity contribution in [1.82, 2.24) is 4.98 Å². The fourth-order valence-electron chi connectivity index (χ4n) is 1.88. The number of methoxy groups -OCH3 is 2. The number of hydrogen-bond acceptors (Lipinski definition) is 4. The first-order chi connectivity index (χ1) is 9.07. The van der Waals surface area contributed by atoms with E-state index in [4.69, 9.17) is 9.47 Å². The van der Waals surface area contributed by atoms with Gasteiger partial charge in [-0.15, -0.1) is 0 Å². The molecule has 0 spiro atoms. The van der Waals surface area contributed by atoms with Crippen LogP contribution in [0.1, 0.15) is 18.1 Å². The van der Waals surface area contributed by atoms with Crippen LogP contribution in [0, 0.1) is 0 Å². The Morgan fingerprint density at radius 3 is 2.16 bits per heavy atom. The lowest BCUT2D eigenvalue weighted by Gasteiger charge is -2.24. The molecule has 0 fully saturated rings. The summed E-state index contributed by atoms with van der Waals surface area (Å²) in [6, 6.07) is 9.07. The van der Waals surface area contributed by atoms with Gasteiger partial charge in [-0.25, -0.2) is 0 Å². The van der Waals surface area contributed by atoms with Crippen molar-refractivity contribution in [1.29, 1.82) is 0 Å². The second-order valence-electron chi connectivity index (χ2n) is 4.41. The van der Waals surface area contributed by atoms with E-state index >= 15 is 0 Å². The maximum absolute atomic E-state index is 10.7. The van der Waals surface area contributed by atoms with E-state index in [1.807, 2.05) is 24.3 Å². The van der Waals surface area contributed by atoms with Gasteiger partial charge in [-0.05, 0) is 30.7 Å². The first-order valence-corrected chi connectivity index (χ1v) is 5.94. The zero-order chi connectivity index (χ0) is 13.9. The van der Waals surface area contributed by atoms with Crippen molar-refractivity contribution in [2.24, 2.45) is 0 Å². The van der Waals surface area contributed by atoms with Crippen LogP contribution in [0.3, 0.4) is 0 Å². The predicted molar refractivity (Wildman–Crippen MR) is 72.5 cm³/mol. The highest BCUT2D eigenvalue weighted by Gasteiger charge is 2.26. The Morgan fingerprint density at radius 1 is 0.947 bits per heavy atom. The van der Waals surface area contributed by atoms with E-state index in [0.717, 1.165) is 11.3 Å². The van der Waals surface area contributed by atoms with Crippen molar-refractivity contribution < 1.29 is 14.6 Å². The second-order valence-corrected chi connectivity index (χ2v) is 4.41. The Labute approximate surface area is 112 Å². The molecule has 4 nitrogen and oxygen atoms in total. The lowest BCUT2D eigenvalue weighted by atomic mass is 9.89. The van der Waals surface area contributed by atoms with Gasteiger partial charge in [0.05, 0.1) is 20.4 Å². The quantitative estimate of drug-likeness (QED) is 0.915. The van der Waals surface area contributed by atoms with Gasteiger partial charge >= 0.3 is 0 Å². The normalized spacial score (nSPS) is 13.7. The molecule has 0 saturated heterocycles. The van der Waals surface area contributed by atoms with E-state index in [0.29, 0.717) is 11.3 Å². The highest BCUT2D eigenvalue weighted by Crippen LogP contribution is 2.31. The number of pyridine rings is 1. The molecular formula is C15H17NO3. The van der Waals surface area contributed by atoms with Crippen LogP contribution >= 0.6 is 0 Å². The maximum Gasteiger partial charge on any atom is 0.137 e. The molecular weight excluding hydrogens is 242 g/mol. The second kappa shape index (κ2) is 5.28. The summed E-state index contributed by atoms with van der Waals surface area (Å²) in [5, 5.41) is 10.7. The van der Waals surface area contributed by atoms with Crippen LogP contribution in [-0.2, 0) is 5.60 Å². The summed E-state index contributed by atoms with van der Waals surface area (Å²) >= 11 is 0. The molecule has 1 aromatic heterocycles. The first-order valence-electron chi connectivity index (χ1n) is 5.94. The summed E-state index contributed by atoms with van der Waals surface area (Å²) in [6.45, 7) is 1.73. The zero-order valence-electron chi connectivity index (χ0n) is 11.3. The molecule has 19 heavy (non-hydrogen) atoms. The summed E-state index contributed by atoms with van der Waals surface area (Å²) in [7, 11) is 3.18. The third-order valence-electron chi connectivity index (χ3n) is 3.16. The Bertz CT molecular complexity index is 550. The minimum atomic E-state index is -1.13. The third kappa shape index (κ3) is 2.69. The van der Waals surface area contributed by atoms with Gasteiger partial charge in [-0.1, -0.05) is 12.1 Å². The Balaban J connectivity index is 2.38. The molecule has 100 valence electrons. The summed E-state index contributed by atoms with van der Waals surface area (Å²) < 4.78 is 10.2. The molecule has 2 aromatic rings. The number of nitrogens with zero attached hydrogens (tertiary/aromatic N) is 1. The van der Waals surface area contributed by atoms with Gasteiger partial charge in [0.15, 0.2) is 0 Å². The van der Waals surface area contributed by atoms with E-state index in [-0.39, 0.29) is 0 Å². The molecule has 0 aliphatic carbocycles. The van der Waals surface area contributed by atoms with Crippen LogP contribution in [0.4, 0.5) is 0 Å². The lowest BCUT2D eigenvalue weighted by Crippen LogP contribution is -2.22. The van der Waals surface area contributed by atoms with Crippen LogP contribution in [0.2, 0.25) is 0 Å². The average molecular weight is 259 g/mol. The number of rotatable bonds is 4. The Morgan fingerprint density at radius 2 is 1.58 bits per heavy atom. The number of hydrogen-bond donors (Lipinski definition) is 1. The van der Waals surface area contributed by atoms with Gasteiger partial charge in [0.2, 0.25) is 0 Å². The molecule has 1 unspecified atom stereocenters. The fourth-order valence-corrected chi connectivity index (χ4v) is 1.88. The van der Waals surface area contributed by atoms with Gasteiger partial charge < -0.3 is 14.6 Å². The van der Waals surface area contributed by atoms with Crippen molar-refractivity contribution in [3.63, 3.8) is 0 Å². The molecule has 1 heterocycles. The number of benzene rings is 1. The largest absolute Gasteiger partial charge is 0.497 e. The Hall–Kier alpha value is -2.07. The van der Waals surface area contributed by atoms with E-state index in [9.17, 15) is 5.11 Å². The number of ether oxygens (including phenoxy) is 2. The SMILES string of the molecule is COc1ccc(C(C)(O)c2cncc(OC)c2)cc1. The minimum absolute atomic E-state index is 0.617. The standard InChI is InChI=1S/C15H17NO3/c1-15(17,11-4-6-13(18-2)7-5-11)12-8-14(19-3)10-16-9-12/h4-10,17H,1-3H3. The summed E-state index contributed by atoms with van der Waals surface area (Å²) in [6.07, 6.45) is 3.24. The van der Waals surface area contributed by atoms with Crippen molar-refractivity contribution in [2.45, 2.75) is 12.5 Å². The predicted octanol–water partition coefficient (Wildman–Crippen LogP) is 2.35. The fraction of sp³-hybridized carbons (Fsp3) is 0.267. The first kappa shape index (κ1) is 13.4.